The van der Waals surface area contributed by atoms with Gasteiger partial charge in [-0.15, -0.1) is 0 Å². The molecule has 0 saturated heterocycles. The second-order valence-corrected chi connectivity index (χ2v) is 18.9. The number of ether oxygens (including phenoxy) is 2. The second-order valence-electron chi connectivity index (χ2n) is 15.9. The van der Waals surface area contributed by atoms with Crippen LogP contribution in [0.3, 0.4) is 0 Å². The van der Waals surface area contributed by atoms with Gasteiger partial charge in [-0.1, -0.05) is 39.0 Å². The number of nitrogens with one attached hydrogen (secondary N) is 2. The number of hydrogen-bond acceptors (Lipinski definition) is 9. The number of carbonyl (C=O) groups excluding carboxylic acids is 1. The molecule has 0 bridgehead atoms. The molecule has 1 spiro atoms. The fourth-order valence-electron chi connectivity index (χ4n) is 8.19. The number of fused-ring (bicyclic) bond motifs is 7. The van der Waals surface area contributed by atoms with E-state index < -0.39 is 60.3 Å². The highest BCUT2D eigenvalue weighted by Gasteiger charge is 2.58. The Balaban J connectivity index is 1.52. The van der Waals surface area contributed by atoms with Crippen LogP contribution in [0.15, 0.2) is 53.6 Å². The van der Waals surface area contributed by atoms with Crippen molar-refractivity contribution in [2.24, 2.45) is 11.3 Å². The molecule has 4 aliphatic heterocycles. The molecular formula is C35H40N2O9S2. The van der Waals surface area contributed by atoms with Gasteiger partial charge in [0.15, 0.2) is 5.60 Å². The van der Waals surface area contributed by atoms with Gasteiger partial charge in [-0.3, -0.25) is 9.11 Å². The summed E-state index contributed by atoms with van der Waals surface area (Å²) < 4.78 is 81.7. The SMILES string of the molecule is CC1(C)C=C(CS(=O)(=O)O)c2cc3c(cc2N1)Oc1cc2c(cc1C31OC(=O)C3=C1C=CC3C(C)(C)C)C(CS(=O)(=O)O)CC(C)(C)N2. The molecule has 3 unspecified atom stereocenters. The van der Waals surface area contributed by atoms with Crippen molar-refractivity contribution in [3.05, 3.63) is 75.9 Å². The minimum atomic E-state index is -4.41. The predicted octanol–water partition coefficient (Wildman–Crippen LogP) is 6.16. The highest BCUT2D eigenvalue weighted by Crippen LogP contribution is 2.62. The Morgan fingerprint density at radius 2 is 1.56 bits per heavy atom. The van der Waals surface area contributed by atoms with Crippen molar-refractivity contribution in [3.8, 4) is 11.5 Å². The smallest absolute Gasteiger partial charge is 0.336 e. The molecule has 11 nitrogen and oxygen atoms in total. The standard InChI is InChI=1S/C35H40N2O9S2/c1-32(2,3)22-8-9-23-30(22)31(38)46-35(23)24-10-20-18(16-47(39,40)41)14-33(4,5)36-26(20)12-28(24)45-29-13-27-21(11-25(29)35)19(17-48(42,43)44)15-34(6,7)37-27/h8-14,19,22,36-37H,15-17H2,1-7H3,(H,39,40,41)(H,42,43,44). The lowest BCUT2D eigenvalue weighted by molar-refractivity contribution is -0.145. The third-order valence-corrected chi connectivity index (χ3v) is 11.3. The lowest BCUT2D eigenvalue weighted by Gasteiger charge is -2.42. The first-order valence-corrected chi connectivity index (χ1v) is 19.1. The number of allylic oxidation sites excluding steroid dienone is 1. The zero-order chi connectivity index (χ0) is 35.0. The molecule has 0 aromatic heterocycles. The number of benzene rings is 2. The first-order valence-electron chi connectivity index (χ1n) is 15.9. The van der Waals surface area contributed by atoms with Gasteiger partial charge in [-0.2, -0.15) is 16.8 Å². The first-order chi connectivity index (χ1) is 22.0. The van der Waals surface area contributed by atoms with Gasteiger partial charge >= 0.3 is 5.97 Å². The molecule has 4 N–H and O–H groups in total. The Bertz CT molecular complexity index is 2140. The van der Waals surface area contributed by atoms with E-state index in [0.717, 1.165) is 0 Å². The molecule has 2 aromatic rings. The van der Waals surface area contributed by atoms with E-state index in [0.29, 0.717) is 68.3 Å². The minimum absolute atomic E-state index is 0.253. The maximum Gasteiger partial charge on any atom is 0.336 e. The van der Waals surface area contributed by atoms with Gasteiger partial charge < -0.3 is 20.1 Å². The summed E-state index contributed by atoms with van der Waals surface area (Å²) in [6.45, 7) is 13.8. The molecule has 0 saturated carbocycles. The largest absolute Gasteiger partial charge is 0.456 e. The molecule has 48 heavy (non-hydrogen) atoms. The average Bonchev–Trinajstić information content (AvgIpc) is 3.45. The zero-order valence-corrected chi connectivity index (χ0v) is 29.5. The molecule has 256 valence electrons. The normalized spacial score (nSPS) is 26.3. The highest BCUT2D eigenvalue weighted by atomic mass is 32.2. The van der Waals surface area contributed by atoms with Crippen molar-refractivity contribution in [2.75, 3.05) is 22.1 Å². The van der Waals surface area contributed by atoms with E-state index in [1.807, 2.05) is 66.7 Å². The third kappa shape index (κ3) is 5.35. The van der Waals surface area contributed by atoms with Crippen molar-refractivity contribution in [1.29, 1.82) is 0 Å². The molecule has 7 rings (SSSR count). The minimum Gasteiger partial charge on any atom is -0.456 e. The molecule has 1 aliphatic carbocycles. The predicted molar refractivity (Wildman–Crippen MR) is 183 cm³/mol. The Morgan fingerprint density at radius 3 is 2.19 bits per heavy atom. The number of rotatable bonds is 4. The average molecular weight is 697 g/mol. The third-order valence-electron chi connectivity index (χ3n) is 9.84. The summed E-state index contributed by atoms with van der Waals surface area (Å²) >= 11 is 0. The van der Waals surface area contributed by atoms with Crippen LogP contribution >= 0.6 is 0 Å². The van der Waals surface area contributed by atoms with E-state index in [4.69, 9.17) is 9.47 Å². The Morgan fingerprint density at radius 1 is 0.917 bits per heavy atom. The lowest BCUT2D eigenvalue weighted by Crippen LogP contribution is -2.40. The van der Waals surface area contributed by atoms with E-state index in [2.05, 4.69) is 10.6 Å². The molecule has 4 heterocycles. The van der Waals surface area contributed by atoms with Crippen LogP contribution in [0.5, 0.6) is 11.5 Å². The Hall–Kier alpha value is -3.65. The Labute approximate surface area is 281 Å². The van der Waals surface area contributed by atoms with Crippen molar-refractivity contribution >= 4 is 43.2 Å². The van der Waals surface area contributed by atoms with Gasteiger partial charge in [0, 0.05) is 63.1 Å². The fraction of sp³-hybridized carbons (Fsp3) is 0.457. The van der Waals surface area contributed by atoms with Crippen LogP contribution in [0, 0.1) is 11.3 Å². The molecule has 0 fully saturated rings. The molecule has 13 heteroatoms. The van der Waals surface area contributed by atoms with Gasteiger partial charge in [-0.25, -0.2) is 4.79 Å². The maximum absolute atomic E-state index is 14.0. The lowest BCUT2D eigenvalue weighted by atomic mass is 9.72. The maximum atomic E-state index is 14.0. The van der Waals surface area contributed by atoms with E-state index in [1.165, 1.54) is 0 Å². The van der Waals surface area contributed by atoms with Crippen LogP contribution in [-0.4, -0.2) is 54.5 Å². The van der Waals surface area contributed by atoms with Gasteiger partial charge in [0.25, 0.3) is 20.2 Å². The fourth-order valence-corrected chi connectivity index (χ4v) is 9.63. The van der Waals surface area contributed by atoms with Crippen LogP contribution < -0.4 is 15.4 Å². The first kappa shape index (κ1) is 32.9. The molecule has 3 atom stereocenters. The topological polar surface area (TPSA) is 168 Å². The zero-order valence-electron chi connectivity index (χ0n) is 27.9. The summed E-state index contributed by atoms with van der Waals surface area (Å²) in [6, 6.07) is 7.12. The van der Waals surface area contributed by atoms with Crippen LogP contribution in [0.1, 0.15) is 83.1 Å². The van der Waals surface area contributed by atoms with Crippen molar-refractivity contribution < 1.29 is 40.2 Å². The van der Waals surface area contributed by atoms with Crippen molar-refractivity contribution in [2.45, 2.75) is 77.5 Å². The summed E-state index contributed by atoms with van der Waals surface area (Å²) in [6.07, 6.45) is 6.06. The number of hydrogen-bond donors (Lipinski definition) is 4. The monoisotopic (exact) mass is 696 g/mol. The summed E-state index contributed by atoms with van der Waals surface area (Å²) in [4.78, 5) is 14.0. The molecule has 0 amide bonds. The summed E-state index contributed by atoms with van der Waals surface area (Å²) in [7, 11) is -8.76. The van der Waals surface area contributed by atoms with E-state index >= 15 is 0 Å². The molecule has 5 aliphatic rings. The van der Waals surface area contributed by atoms with Gasteiger partial charge in [-0.05, 0) is 62.8 Å². The van der Waals surface area contributed by atoms with Crippen LogP contribution in [0.25, 0.3) is 5.57 Å². The molecular weight excluding hydrogens is 657 g/mol. The van der Waals surface area contributed by atoms with Crippen LogP contribution in [-0.2, 0) is 35.4 Å². The molecule has 2 aromatic carbocycles. The number of esters is 1. The van der Waals surface area contributed by atoms with Crippen molar-refractivity contribution in [3.63, 3.8) is 0 Å². The molecule has 0 radical (unpaired) electrons. The van der Waals surface area contributed by atoms with Crippen LogP contribution in [0.2, 0.25) is 0 Å². The van der Waals surface area contributed by atoms with Crippen molar-refractivity contribution in [1.82, 2.24) is 0 Å². The van der Waals surface area contributed by atoms with Gasteiger partial charge in [0.1, 0.15) is 17.3 Å². The quantitative estimate of drug-likeness (QED) is 0.213. The second kappa shape index (κ2) is 9.96. The van der Waals surface area contributed by atoms with E-state index in [1.54, 1.807) is 24.3 Å². The van der Waals surface area contributed by atoms with Gasteiger partial charge in [0.05, 0.1) is 16.9 Å². The summed E-state index contributed by atoms with van der Waals surface area (Å²) in [5.41, 5.74) is 1.79. The summed E-state index contributed by atoms with van der Waals surface area (Å²) in [5.74, 6) is -1.66. The van der Waals surface area contributed by atoms with Crippen LogP contribution in [0.4, 0.5) is 11.4 Å². The van der Waals surface area contributed by atoms with Gasteiger partial charge in [0.2, 0.25) is 0 Å². The van der Waals surface area contributed by atoms with E-state index in [9.17, 15) is 30.7 Å². The summed E-state index contributed by atoms with van der Waals surface area (Å²) in [5, 5.41) is 6.90. The number of carbonyl (C=O) groups is 1. The number of anilines is 2. The van der Waals surface area contributed by atoms with E-state index in [-0.39, 0.29) is 11.3 Å². The Kier molecular flexibility index (Phi) is 6.82. The highest BCUT2D eigenvalue weighted by molar-refractivity contribution is 7.86.